The van der Waals surface area contributed by atoms with Crippen LogP contribution in [0.3, 0.4) is 0 Å². The van der Waals surface area contributed by atoms with Gasteiger partial charge in [0, 0.05) is 51.9 Å². The van der Waals surface area contributed by atoms with Gasteiger partial charge in [-0.15, -0.1) is 0 Å². The van der Waals surface area contributed by atoms with Gasteiger partial charge >= 0.3 is 0 Å². The smallest absolute Gasteiger partial charge is 0.285 e. The number of nitrogens with one attached hydrogen (secondary N) is 1. The first-order valence-corrected chi connectivity index (χ1v) is 12.6. The van der Waals surface area contributed by atoms with Crippen molar-refractivity contribution in [2.75, 3.05) is 0 Å². The van der Waals surface area contributed by atoms with Gasteiger partial charge in [-0.2, -0.15) is 5.01 Å². The van der Waals surface area contributed by atoms with Crippen molar-refractivity contribution in [1.82, 2.24) is 15.0 Å². The van der Waals surface area contributed by atoms with Gasteiger partial charge in [-0.25, -0.2) is 0 Å². The van der Waals surface area contributed by atoms with E-state index in [2.05, 4.69) is 5.43 Å². The fraction of sp³-hybridized carbons (Fsp3) is 0.0385. The van der Waals surface area contributed by atoms with Gasteiger partial charge in [0.1, 0.15) is 0 Å². The SMILES string of the molecule is O=C(NN1C(=O)/C(=C/c2cn(Cc3ccc([N+](=O)[O-])cc3)c3ccccc23)SC1=S)c1ccc(Cl)cc1. The highest BCUT2D eigenvalue weighted by Crippen LogP contribution is 2.34. The highest BCUT2D eigenvalue weighted by molar-refractivity contribution is 8.26. The number of hydrogen-bond acceptors (Lipinski definition) is 6. The molecular weight excluding hydrogens is 532 g/mol. The van der Waals surface area contributed by atoms with Crippen LogP contribution in [0.25, 0.3) is 17.0 Å². The Bertz CT molecular complexity index is 1600. The van der Waals surface area contributed by atoms with E-state index in [0.717, 1.165) is 38.8 Å². The first-order valence-electron chi connectivity index (χ1n) is 11.0. The third-order valence-electron chi connectivity index (χ3n) is 5.72. The third kappa shape index (κ3) is 5.12. The molecule has 0 radical (unpaired) electrons. The lowest BCUT2D eigenvalue weighted by atomic mass is 10.1. The molecule has 0 spiro atoms. The third-order valence-corrected chi connectivity index (χ3v) is 7.27. The minimum atomic E-state index is -0.478. The number of hydrazine groups is 1. The van der Waals surface area contributed by atoms with Gasteiger partial charge in [0.25, 0.3) is 17.5 Å². The summed E-state index contributed by atoms with van der Waals surface area (Å²) in [5.74, 6) is -0.904. The van der Waals surface area contributed by atoms with E-state index in [4.69, 9.17) is 23.8 Å². The number of thioether (sulfide) groups is 1. The molecule has 0 unspecified atom stereocenters. The van der Waals surface area contributed by atoms with Gasteiger partial charge < -0.3 is 4.57 Å². The average molecular weight is 549 g/mol. The Balaban J connectivity index is 1.40. The van der Waals surface area contributed by atoms with Crippen LogP contribution in [0.4, 0.5) is 5.69 Å². The fourth-order valence-electron chi connectivity index (χ4n) is 3.91. The number of thiocarbonyl (C=S) groups is 1. The standard InChI is InChI=1S/C26H17ClN4O4S2/c27-19-9-7-17(8-10-19)24(32)28-30-25(33)23(37-26(30)36)13-18-15-29(22-4-2-1-3-21(18)22)14-16-5-11-20(12-6-16)31(34)35/h1-13,15H,14H2,(H,28,32)/b23-13-. The second kappa shape index (κ2) is 10.2. The van der Waals surface area contributed by atoms with E-state index in [0.29, 0.717) is 22.0 Å². The lowest BCUT2D eigenvalue weighted by Gasteiger charge is -2.15. The van der Waals surface area contributed by atoms with E-state index in [-0.39, 0.29) is 10.0 Å². The molecule has 11 heteroatoms. The Labute approximate surface area is 225 Å². The van der Waals surface area contributed by atoms with Crippen LogP contribution in [0, 0.1) is 10.1 Å². The number of hydrogen-bond donors (Lipinski definition) is 1. The number of carbonyl (C=O) groups excluding carboxylic acids is 2. The van der Waals surface area contributed by atoms with E-state index < -0.39 is 16.7 Å². The Hall–Kier alpha value is -3.99. The number of aromatic nitrogens is 1. The average Bonchev–Trinajstić information content (AvgIpc) is 3.36. The van der Waals surface area contributed by atoms with Crippen LogP contribution in [0.1, 0.15) is 21.5 Å². The van der Waals surface area contributed by atoms with E-state index in [1.165, 1.54) is 12.1 Å². The Morgan fingerprint density at radius 2 is 1.78 bits per heavy atom. The van der Waals surface area contributed by atoms with Crippen LogP contribution in [0.2, 0.25) is 5.02 Å². The number of nitro benzene ring substituents is 1. The second-order valence-corrected chi connectivity index (χ2v) is 10.2. The summed E-state index contributed by atoms with van der Waals surface area (Å²) in [5, 5.41) is 13.5. The van der Waals surface area contributed by atoms with Crippen LogP contribution in [-0.4, -0.2) is 30.6 Å². The predicted molar refractivity (Wildman–Crippen MR) is 148 cm³/mol. The minimum absolute atomic E-state index is 0.0342. The number of rotatable bonds is 6. The van der Waals surface area contributed by atoms with Gasteiger partial charge in [0.15, 0.2) is 4.32 Å². The zero-order valence-electron chi connectivity index (χ0n) is 19.0. The van der Waals surface area contributed by atoms with Crippen molar-refractivity contribution in [1.29, 1.82) is 0 Å². The molecule has 3 aromatic carbocycles. The number of benzene rings is 3. The number of amides is 2. The van der Waals surface area contributed by atoms with E-state index in [1.54, 1.807) is 42.5 Å². The Morgan fingerprint density at radius 1 is 1.08 bits per heavy atom. The molecule has 0 atom stereocenters. The lowest BCUT2D eigenvalue weighted by Crippen LogP contribution is -2.44. The van der Waals surface area contributed by atoms with E-state index in [1.807, 2.05) is 35.0 Å². The quantitative estimate of drug-likeness (QED) is 0.142. The highest BCUT2D eigenvalue weighted by Gasteiger charge is 2.34. The maximum Gasteiger partial charge on any atom is 0.285 e. The molecule has 1 N–H and O–H groups in total. The summed E-state index contributed by atoms with van der Waals surface area (Å²) in [5.41, 5.74) is 5.59. The molecule has 4 aromatic rings. The second-order valence-electron chi connectivity index (χ2n) is 8.12. The van der Waals surface area contributed by atoms with Crippen molar-refractivity contribution in [3.63, 3.8) is 0 Å². The van der Waals surface area contributed by atoms with Crippen LogP contribution in [-0.2, 0) is 11.3 Å². The first kappa shape index (κ1) is 24.7. The molecule has 1 fully saturated rings. The summed E-state index contributed by atoms with van der Waals surface area (Å²) >= 11 is 12.3. The maximum atomic E-state index is 13.1. The normalized spacial score (nSPS) is 14.5. The van der Waals surface area contributed by atoms with Crippen LogP contribution in [0.15, 0.2) is 83.9 Å². The summed E-state index contributed by atoms with van der Waals surface area (Å²) in [6, 6.07) is 20.5. The van der Waals surface area contributed by atoms with Crippen LogP contribution < -0.4 is 5.43 Å². The van der Waals surface area contributed by atoms with Gasteiger partial charge in [-0.3, -0.25) is 25.1 Å². The zero-order valence-corrected chi connectivity index (χ0v) is 21.3. The minimum Gasteiger partial charge on any atom is -0.342 e. The number of fused-ring (bicyclic) bond motifs is 1. The molecule has 1 saturated heterocycles. The summed E-state index contributed by atoms with van der Waals surface area (Å²) in [7, 11) is 0. The van der Waals surface area contributed by atoms with Gasteiger partial charge in [-0.1, -0.05) is 53.7 Å². The molecule has 37 heavy (non-hydrogen) atoms. The molecule has 2 amide bonds. The fourth-order valence-corrected chi connectivity index (χ4v) is 5.21. The first-order chi connectivity index (χ1) is 17.8. The van der Waals surface area contributed by atoms with Gasteiger partial charge in [0.2, 0.25) is 0 Å². The number of nitrogens with zero attached hydrogens (tertiary/aromatic N) is 3. The van der Waals surface area contributed by atoms with E-state index in [9.17, 15) is 19.7 Å². The maximum absolute atomic E-state index is 13.1. The van der Waals surface area contributed by atoms with Crippen molar-refractivity contribution < 1.29 is 14.5 Å². The molecule has 0 saturated carbocycles. The van der Waals surface area contributed by atoms with Crippen molar-refractivity contribution in [2.45, 2.75) is 6.54 Å². The summed E-state index contributed by atoms with van der Waals surface area (Å²) in [6.45, 7) is 0.491. The largest absolute Gasteiger partial charge is 0.342 e. The van der Waals surface area contributed by atoms with Gasteiger partial charge in [0.05, 0.1) is 9.83 Å². The molecule has 1 aliphatic rings. The molecule has 8 nitrogen and oxygen atoms in total. The summed E-state index contributed by atoms with van der Waals surface area (Å²) < 4.78 is 2.24. The van der Waals surface area contributed by atoms with Crippen molar-refractivity contribution in [3.05, 3.63) is 116 Å². The van der Waals surface area contributed by atoms with Crippen LogP contribution >= 0.6 is 35.6 Å². The molecular formula is C26H17ClN4O4S2. The number of carbonyl (C=O) groups is 2. The lowest BCUT2D eigenvalue weighted by molar-refractivity contribution is -0.384. The number of halogens is 1. The summed E-state index contributed by atoms with van der Waals surface area (Å²) in [6.07, 6.45) is 3.67. The highest BCUT2D eigenvalue weighted by atomic mass is 35.5. The molecule has 184 valence electrons. The monoisotopic (exact) mass is 548 g/mol. The molecule has 1 aromatic heterocycles. The Kier molecular flexibility index (Phi) is 6.79. The topological polar surface area (TPSA) is 97.5 Å². The molecule has 0 bridgehead atoms. The van der Waals surface area contributed by atoms with Gasteiger partial charge in [-0.05, 0) is 54.2 Å². The molecule has 2 heterocycles. The number of nitro groups is 1. The van der Waals surface area contributed by atoms with Crippen molar-refractivity contribution in [3.8, 4) is 0 Å². The van der Waals surface area contributed by atoms with Crippen molar-refractivity contribution >= 4 is 74.4 Å². The predicted octanol–water partition coefficient (Wildman–Crippen LogP) is 5.80. The number of non-ortho nitro benzene ring substituents is 1. The Morgan fingerprint density at radius 3 is 2.49 bits per heavy atom. The van der Waals surface area contributed by atoms with Crippen molar-refractivity contribution in [2.24, 2.45) is 0 Å². The van der Waals surface area contributed by atoms with E-state index >= 15 is 0 Å². The zero-order chi connectivity index (χ0) is 26.1. The van der Waals surface area contributed by atoms with Crippen LogP contribution in [0.5, 0.6) is 0 Å². The molecule has 1 aliphatic heterocycles. The number of para-hydroxylation sites is 1. The molecule has 5 rings (SSSR count). The molecule has 0 aliphatic carbocycles. The summed E-state index contributed by atoms with van der Waals surface area (Å²) in [4.78, 5) is 36.6.